The average molecular weight is 386 g/mol. The molecule has 0 amide bonds. The van der Waals surface area contributed by atoms with Crippen LogP contribution in [0.1, 0.15) is 16.7 Å². The number of rotatable bonds is 3. The zero-order valence-corrected chi connectivity index (χ0v) is 13.7. The maximum atomic E-state index is 13.1. The van der Waals surface area contributed by atoms with Crippen molar-refractivity contribution in [1.82, 2.24) is 4.98 Å². The van der Waals surface area contributed by atoms with E-state index in [9.17, 15) is 22.8 Å². The van der Waals surface area contributed by atoms with Crippen molar-refractivity contribution in [3.63, 3.8) is 0 Å². The van der Waals surface area contributed by atoms with Gasteiger partial charge in [0.1, 0.15) is 5.75 Å². The molecule has 3 rings (SSSR count). The maximum Gasteiger partial charge on any atom is 0.430 e. The highest BCUT2D eigenvalue weighted by atomic mass is 35.5. The van der Waals surface area contributed by atoms with E-state index in [2.05, 4.69) is 4.98 Å². The lowest BCUT2D eigenvalue weighted by atomic mass is 9.98. The molecule has 0 saturated carbocycles. The normalized spacial score (nSPS) is 16.5. The Kier molecular flexibility index (Phi) is 4.53. The van der Waals surface area contributed by atoms with Gasteiger partial charge in [0.05, 0.1) is 5.57 Å². The molecular weight excluding hydrogens is 375 g/mol. The SMILES string of the molecule is O=C(O)C1=Cc2cc(Cl)c(Cc3ccc[nH]c3=O)cc2OC1C(F)(F)F. The van der Waals surface area contributed by atoms with Gasteiger partial charge in [-0.15, -0.1) is 0 Å². The van der Waals surface area contributed by atoms with Gasteiger partial charge in [-0.25, -0.2) is 4.79 Å². The van der Waals surface area contributed by atoms with Gasteiger partial charge >= 0.3 is 12.1 Å². The molecule has 2 aromatic rings. The van der Waals surface area contributed by atoms with Crippen LogP contribution in [0.3, 0.4) is 0 Å². The number of carboxylic acids is 1. The summed E-state index contributed by atoms with van der Waals surface area (Å²) < 4.78 is 44.3. The highest BCUT2D eigenvalue weighted by Crippen LogP contribution is 2.39. The molecule has 1 unspecified atom stereocenters. The Bertz CT molecular complexity index is 965. The second kappa shape index (κ2) is 6.53. The molecule has 2 heterocycles. The Morgan fingerprint density at radius 2 is 2.04 bits per heavy atom. The van der Waals surface area contributed by atoms with E-state index < -0.39 is 23.8 Å². The molecular formula is C17H11ClF3NO4. The molecule has 1 aliphatic heterocycles. The largest absolute Gasteiger partial charge is 0.478 e. The third kappa shape index (κ3) is 3.45. The van der Waals surface area contributed by atoms with E-state index >= 15 is 0 Å². The molecule has 1 aromatic carbocycles. The van der Waals surface area contributed by atoms with E-state index in [0.29, 0.717) is 11.1 Å². The molecule has 0 radical (unpaired) electrons. The number of alkyl halides is 3. The van der Waals surface area contributed by atoms with Gasteiger partial charge in [-0.05, 0) is 29.8 Å². The second-order valence-corrected chi connectivity index (χ2v) is 6.03. The molecule has 1 aliphatic rings. The lowest BCUT2D eigenvalue weighted by molar-refractivity contribution is -0.187. The smallest absolute Gasteiger partial charge is 0.430 e. The number of ether oxygens (including phenoxy) is 1. The lowest BCUT2D eigenvalue weighted by Gasteiger charge is -2.27. The van der Waals surface area contributed by atoms with Gasteiger partial charge in [0.25, 0.3) is 5.56 Å². The van der Waals surface area contributed by atoms with Crippen molar-refractivity contribution in [3.05, 3.63) is 68.1 Å². The molecule has 5 nitrogen and oxygen atoms in total. The third-order valence-corrected chi connectivity index (χ3v) is 4.19. The topological polar surface area (TPSA) is 79.4 Å². The monoisotopic (exact) mass is 385 g/mol. The summed E-state index contributed by atoms with van der Waals surface area (Å²) in [5.41, 5.74) is -0.384. The number of carbonyl (C=O) groups is 1. The molecule has 0 spiro atoms. The van der Waals surface area contributed by atoms with Gasteiger partial charge in [-0.3, -0.25) is 4.79 Å². The molecule has 1 aromatic heterocycles. The molecule has 0 saturated heterocycles. The highest BCUT2D eigenvalue weighted by molar-refractivity contribution is 6.31. The van der Waals surface area contributed by atoms with Crippen LogP contribution in [0.4, 0.5) is 13.2 Å². The quantitative estimate of drug-likeness (QED) is 0.848. The Morgan fingerprint density at radius 1 is 1.31 bits per heavy atom. The summed E-state index contributed by atoms with van der Waals surface area (Å²) in [5.74, 6) is -1.88. The van der Waals surface area contributed by atoms with Gasteiger partial charge in [-0.2, -0.15) is 13.2 Å². The van der Waals surface area contributed by atoms with E-state index in [4.69, 9.17) is 21.4 Å². The van der Waals surface area contributed by atoms with Crippen LogP contribution >= 0.6 is 11.6 Å². The van der Waals surface area contributed by atoms with Crippen molar-refractivity contribution >= 4 is 23.6 Å². The van der Waals surface area contributed by atoms with Gasteiger partial charge < -0.3 is 14.8 Å². The van der Waals surface area contributed by atoms with Crippen LogP contribution in [-0.2, 0) is 11.2 Å². The number of hydrogen-bond donors (Lipinski definition) is 2. The number of benzene rings is 1. The molecule has 0 fully saturated rings. The number of hydrogen-bond acceptors (Lipinski definition) is 3. The first-order chi connectivity index (χ1) is 12.2. The minimum absolute atomic E-state index is 0.0812. The molecule has 0 bridgehead atoms. The predicted octanol–water partition coefficient (Wildman–Crippen LogP) is 3.41. The van der Waals surface area contributed by atoms with Crippen LogP contribution in [-0.4, -0.2) is 28.3 Å². The number of nitrogens with one attached hydrogen (secondary N) is 1. The maximum absolute atomic E-state index is 13.1. The van der Waals surface area contributed by atoms with E-state index in [1.807, 2.05) is 0 Å². The first-order valence-corrected chi connectivity index (χ1v) is 7.72. The number of aromatic amines is 1. The second-order valence-electron chi connectivity index (χ2n) is 5.63. The predicted molar refractivity (Wildman–Crippen MR) is 87.4 cm³/mol. The standard InChI is InChI=1S/C17H11ClF3NO4/c18-12-6-10-5-11(16(24)25)14(17(19,20)21)26-13(10)7-9(12)4-8-2-1-3-22-15(8)23/h1-3,5-7,14H,4H2,(H,22,23)(H,24,25). The summed E-state index contributed by atoms with van der Waals surface area (Å²) in [7, 11) is 0. The van der Waals surface area contributed by atoms with Gasteiger partial charge in [0.15, 0.2) is 0 Å². The van der Waals surface area contributed by atoms with Crippen LogP contribution in [0.25, 0.3) is 6.08 Å². The van der Waals surface area contributed by atoms with Crippen molar-refractivity contribution < 1.29 is 27.8 Å². The number of H-pyrrole nitrogens is 1. The highest BCUT2D eigenvalue weighted by Gasteiger charge is 2.48. The fourth-order valence-corrected chi connectivity index (χ4v) is 2.85. The van der Waals surface area contributed by atoms with Crippen molar-refractivity contribution in [3.8, 4) is 5.75 Å². The van der Waals surface area contributed by atoms with Gasteiger partial charge in [-0.1, -0.05) is 17.7 Å². The number of pyridine rings is 1. The minimum atomic E-state index is -4.89. The van der Waals surface area contributed by atoms with Crippen molar-refractivity contribution in [2.24, 2.45) is 0 Å². The van der Waals surface area contributed by atoms with E-state index in [1.54, 1.807) is 12.1 Å². The molecule has 9 heteroatoms. The number of aromatic nitrogens is 1. The first-order valence-electron chi connectivity index (χ1n) is 7.34. The van der Waals surface area contributed by atoms with E-state index in [0.717, 1.165) is 6.08 Å². The summed E-state index contributed by atoms with van der Waals surface area (Å²) >= 11 is 6.15. The molecule has 0 aliphatic carbocycles. The van der Waals surface area contributed by atoms with Gasteiger partial charge in [0, 0.05) is 28.8 Å². The summed E-state index contributed by atoms with van der Waals surface area (Å²) in [5, 5.41) is 9.21. The number of aliphatic carboxylic acids is 1. The Hall–Kier alpha value is -2.74. The van der Waals surface area contributed by atoms with Crippen molar-refractivity contribution in [2.45, 2.75) is 18.7 Å². The Balaban J connectivity index is 2.05. The molecule has 26 heavy (non-hydrogen) atoms. The zero-order chi connectivity index (χ0) is 19.1. The van der Waals surface area contributed by atoms with Crippen molar-refractivity contribution in [2.75, 3.05) is 0 Å². The Labute approximate surface area is 149 Å². The number of halogens is 4. The van der Waals surface area contributed by atoms with Crippen LogP contribution in [0.2, 0.25) is 5.02 Å². The van der Waals surface area contributed by atoms with Crippen LogP contribution in [0, 0.1) is 0 Å². The van der Waals surface area contributed by atoms with Crippen molar-refractivity contribution in [1.29, 1.82) is 0 Å². The summed E-state index contributed by atoms with van der Waals surface area (Å²) in [6.45, 7) is 0. The van der Waals surface area contributed by atoms with Gasteiger partial charge in [0.2, 0.25) is 6.10 Å². The minimum Gasteiger partial charge on any atom is -0.478 e. The van der Waals surface area contributed by atoms with E-state index in [-0.39, 0.29) is 28.3 Å². The lowest BCUT2D eigenvalue weighted by Crippen LogP contribution is -2.40. The van der Waals surface area contributed by atoms with Crippen LogP contribution < -0.4 is 10.3 Å². The summed E-state index contributed by atoms with van der Waals surface area (Å²) in [4.78, 5) is 25.4. The molecule has 136 valence electrons. The van der Waals surface area contributed by atoms with Crippen LogP contribution in [0.5, 0.6) is 5.75 Å². The average Bonchev–Trinajstić information content (AvgIpc) is 2.55. The third-order valence-electron chi connectivity index (χ3n) is 3.84. The number of carboxylic acid groups (broad SMARTS) is 1. The van der Waals surface area contributed by atoms with Crippen LogP contribution in [0.15, 0.2) is 40.8 Å². The first kappa shape index (κ1) is 18.1. The molecule has 2 N–H and O–H groups in total. The molecule has 1 atom stereocenters. The Morgan fingerprint density at radius 3 is 2.65 bits per heavy atom. The number of fused-ring (bicyclic) bond motifs is 1. The fourth-order valence-electron chi connectivity index (χ4n) is 2.61. The zero-order valence-electron chi connectivity index (χ0n) is 12.9. The van der Waals surface area contributed by atoms with E-state index in [1.165, 1.54) is 18.3 Å². The fraction of sp³-hybridized carbons (Fsp3) is 0.176. The summed E-state index contributed by atoms with van der Waals surface area (Å²) in [6, 6.07) is 5.79. The summed E-state index contributed by atoms with van der Waals surface area (Å²) in [6.07, 6.45) is -5.04.